The molecule has 0 bridgehead atoms. The van der Waals surface area contributed by atoms with Gasteiger partial charge in [0.1, 0.15) is 11.0 Å². The van der Waals surface area contributed by atoms with Crippen molar-refractivity contribution >= 4 is 23.6 Å². The number of aromatic nitrogens is 2. The van der Waals surface area contributed by atoms with Gasteiger partial charge in [0.05, 0.1) is 11.2 Å². The molecular formula is C12H17BN2O4. The van der Waals surface area contributed by atoms with Gasteiger partial charge in [-0.2, -0.15) is 0 Å². The number of nitrogens with zero attached hydrogens (tertiary/aromatic N) is 2. The first-order valence-corrected chi connectivity index (χ1v) is 6.01. The van der Waals surface area contributed by atoms with Crippen molar-refractivity contribution in [1.82, 2.24) is 10.3 Å². The molecule has 0 aliphatic heterocycles. The quantitative estimate of drug-likeness (QED) is 0.780. The molecule has 102 valence electrons. The van der Waals surface area contributed by atoms with Gasteiger partial charge in [-0.15, -0.1) is 0 Å². The van der Waals surface area contributed by atoms with Crippen LogP contribution in [0, 0.1) is 0 Å². The van der Waals surface area contributed by atoms with E-state index in [2.05, 4.69) is 14.9 Å². The van der Waals surface area contributed by atoms with E-state index in [9.17, 15) is 10.1 Å². The second-order valence-electron chi connectivity index (χ2n) is 5.55. The lowest BCUT2D eigenvalue weighted by atomic mass is 9.76. The fraction of sp³-hybridized carbons (Fsp3) is 0.500. The van der Waals surface area contributed by atoms with Gasteiger partial charge in [0, 0.05) is 0 Å². The summed E-state index contributed by atoms with van der Waals surface area (Å²) in [5, 5.41) is 27.5. The molecule has 2 rings (SSSR count). The summed E-state index contributed by atoms with van der Waals surface area (Å²) >= 11 is 0. The Balaban J connectivity index is 2.22. The van der Waals surface area contributed by atoms with Gasteiger partial charge in [-0.1, -0.05) is 6.07 Å². The number of fused-ring (bicyclic) bond motifs is 1. The van der Waals surface area contributed by atoms with Crippen molar-refractivity contribution < 1.29 is 19.4 Å². The summed E-state index contributed by atoms with van der Waals surface area (Å²) in [6, 6.07) is 5.00. The van der Waals surface area contributed by atoms with E-state index in [-0.39, 0.29) is 0 Å². The summed E-state index contributed by atoms with van der Waals surface area (Å²) in [4.78, 5) is 0. The normalized spacial score (nSPS) is 12.9. The minimum atomic E-state index is -1.16. The lowest BCUT2D eigenvalue weighted by molar-refractivity contribution is -0.0982. The molecule has 0 saturated carbocycles. The van der Waals surface area contributed by atoms with Crippen LogP contribution in [0.2, 0.25) is 0 Å². The topological polar surface area (TPSA) is 88.6 Å². The number of rotatable bonds is 4. The van der Waals surface area contributed by atoms with E-state index >= 15 is 0 Å². The van der Waals surface area contributed by atoms with Crippen molar-refractivity contribution in [2.45, 2.75) is 38.9 Å². The van der Waals surface area contributed by atoms with Crippen LogP contribution in [0.3, 0.4) is 0 Å². The molecular weight excluding hydrogens is 247 g/mol. The zero-order valence-corrected chi connectivity index (χ0v) is 11.4. The Morgan fingerprint density at radius 1 is 1.16 bits per heavy atom. The van der Waals surface area contributed by atoms with Crippen LogP contribution >= 0.6 is 0 Å². The lowest BCUT2D eigenvalue weighted by Crippen LogP contribution is -2.53. The molecule has 2 N–H and O–H groups in total. The molecule has 0 aliphatic rings. The standard InChI is InChI=1S/C12H17BN2O4/c1-11(2,16)12(3,4)18-13(17)8-5-6-9-10(7-8)15-19-14-9/h5-7,16-17H,1-4H3. The Morgan fingerprint density at radius 2 is 1.79 bits per heavy atom. The van der Waals surface area contributed by atoms with Crippen molar-refractivity contribution in [3.05, 3.63) is 18.2 Å². The van der Waals surface area contributed by atoms with Crippen LogP contribution in [0.5, 0.6) is 0 Å². The third-order valence-electron chi connectivity index (χ3n) is 3.44. The Labute approximate surface area is 111 Å². The minimum absolute atomic E-state index is 0.528. The van der Waals surface area contributed by atoms with Crippen molar-refractivity contribution in [2.75, 3.05) is 0 Å². The fourth-order valence-electron chi connectivity index (χ4n) is 1.44. The molecule has 1 aromatic carbocycles. The number of hydrogen-bond acceptors (Lipinski definition) is 6. The highest BCUT2D eigenvalue weighted by Gasteiger charge is 2.39. The highest BCUT2D eigenvalue weighted by Crippen LogP contribution is 2.25. The summed E-state index contributed by atoms with van der Waals surface area (Å²) in [6.45, 7) is 6.69. The first kappa shape index (κ1) is 14.0. The predicted octanol–water partition coefficient (Wildman–Crippen LogP) is 0.476. The van der Waals surface area contributed by atoms with Crippen molar-refractivity contribution in [1.29, 1.82) is 0 Å². The monoisotopic (exact) mass is 264 g/mol. The summed E-state index contributed by atoms with van der Waals surface area (Å²) in [7, 11) is -1.16. The Kier molecular flexibility index (Phi) is 3.38. The molecule has 7 heteroatoms. The van der Waals surface area contributed by atoms with Gasteiger partial charge in [0.2, 0.25) is 0 Å². The lowest BCUT2D eigenvalue weighted by Gasteiger charge is -2.38. The maximum absolute atomic E-state index is 10.1. The van der Waals surface area contributed by atoms with Gasteiger partial charge >= 0.3 is 7.12 Å². The van der Waals surface area contributed by atoms with Crippen LogP contribution in [0.15, 0.2) is 22.8 Å². The third kappa shape index (κ3) is 2.78. The largest absolute Gasteiger partial charge is 0.491 e. The molecule has 0 saturated heterocycles. The highest BCUT2D eigenvalue weighted by atomic mass is 16.6. The van der Waals surface area contributed by atoms with Crippen LogP contribution < -0.4 is 5.46 Å². The van der Waals surface area contributed by atoms with Crippen LogP contribution in [-0.2, 0) is 4.65 Å². The average Bonchev–Trinajstić information content (AvgIpc) is 2.73. The van der Waals surface area contributed by atoms with Crippen LogP contribution in [0.4, 0.5) is 0 Å². The molecule has 2 aromatic rings. The van der Waals surface area contributed by atoms with Gasteiger partial charge < -0.3 is 14.8 Å². The Bertz CT molecular complexity index is 576. The predicted molar refractivity (Wildman–Crippen MR) is 70.9 cm³/mol. The van der Waals surface area contributed by atoms with Gasteiger partial charge in [-0.3, -0.25) is 0 Å². The second kappa shape index (κ2) is 4.59. The second-order valence-corrected chi connectivity index (χ2v) is 5.55. The molecule has 6 nitrogen and oxygen atoms in total. The molecule has 0 spiro atoms. The molecule has 0 fully saturated rings. The molecule has 1 aromatic heterocycles. The molecule has 0 radical (unpaired) electrons. The summed E-state index contributed by atoms with van der Waals surface area (Å²) in [5.74, 6) is 0. The smallest absolute Gasteiger partial charge is 0.423 e. The third-order valence-corrected chi connectivity index (χ3v) is 3.44. The number of benzene rings is 1. The summed E-state index contributed by atoms with van der Waals surface area (Å²) < 4.78 is 10.1. The number of hydrogen-bond donors (Lipinski definition) is 2. The van der Waals surface area contributed by atoms with E-state index in [4.69, 9.17) is 4.65 Å². The maximum atomic E-state index is 10.1. The molecule has 0 amide bonds. The molecule has 0 aliphatic carbocycles. The average molecular weight is 264 g/mol. The first-order valence-electron chi connectivity index (χ1n) is 6.01. The highest BCUT2D eigenvalue weighted by molar-refractivity contribution is 6.60. The summed E-state index contributed by atoms with van der Waals surface area (Å²) in [5.41, 5.74) is -0.323. The van der Waals surface area contributed by atoms with E-state index in [1.54, 1.807) is 45.9 Å². The van der Waals surface area contributed by atoms with E-state index in [0.717, 1.165) is 0 Å². The fourth-order valence-corrected chi connectivity index (χ4v) is 1.44. The van der Waals surface area contributed by atoms with Gasteiger partial charge in [-0.05, 0) is 55.6 Å². The van der Waals surface area contributed by atoms with Crippen molar-refractivity contribution in [3.63, 3.8) is 0 Å². The first-order chi connectivity index (χ1) is 8.71. The zero-order chi connectivity index (χ0) is 14.3. The van der Waals surface area contributed by atoms with Crippen LogP contribution in [0.1, 0.15) is 27.7 Å². The van der Waals surface area contributed by atoms with Gasteiger partial charge in [0.25, 0.3) is 0 Å². The number of aliphatic hydroxyl groups is 1. The van der Waals surface area contributed by atoms with E-state index in [0.29, 0.717) is 16.5 Å². The van der Waals surface area contributed by atoms with E-state index in [1.807, 2.05) is 0 Å². The van der Waals surface area contributed by atoms with Crippen LogP contribution in [0.25, 0.3) is 11.0 Å². The van der Waals surface area contributed by atoms with E-state index in [1.165, 1.54) is 0 Å². The van der Waals surface area contributed by atoms with Crippen molar-refractivity contribution in [2.24, 2.45) is 0 Å². The maximum Gasteiger partial charge on any atom is 0.491 e. The minimum Gasteiger partial charge on any atom is -0.423 e. The molecule has 0 atom stereocenters. The van der Waals surface area contributed by atoms with Crippen LogP contribution in [-0.4, -0.2) is 38.8 Å². The Hall–Kier alpha value is -1.44. The SMILES string of the molecule is CC(C)(O)C(C)(C)OB(O)c1ccc2nonc2c1. The van der Waals surface area contributed by atoms with E-state index < -0.39 is 18.3 Å². The molecule has 19 heavy (non-hydrogen) atoms. The molecule has 1 heterocycles. The van der Waals surface area contributed by atoms with Gasteiger partial charge in [0.15, 0.2) is 0 Å². The zero-order valence-electron chi connectivity index (χ0n) is 11.4. The van der Waals surface area contributed by atoms with Crippen molar-refractivity contribution in [3.8, 4) is 0 Å². The molecule has 0 unspecified atom stereocenters. The Morgan fingerprint density at radius 3 is 2.42 bits per heavy atom. The summed E-state index contributed by atoms with van der Waals surface area (Å²) in [6.07, 6.45) is 0. The van der Waals surface area contributed by atoms with Gasteiger partial charge in [-0.25, -0.2) is 4.63 Å².